The molecular formula is C118H188O15. The Bertz CT molecular complexity index is 3590. The van der Waals surface area contributed by atoms with Crippen LogP contribution in [0.2, 0.25) is 0 Å². The van der Waals surface area contributed by atoms with Crippen LogP contribution >= 0.6 is 0 Å². The van der Waals surface area contributed by atoms with Gasteiger partial charge < -0.3 is 42.6 Å². The molecule has 8 bridgehead atoms. The van der Waals surface area contributed by atoms with Crippen molar-refractivity contribution >= 4 is 35.6 Å². The van der Waals surface area contributed by atoms with E-state index in [-0.39, 0.29) is 64.3 Å². The van der Waals surface area contributed by atoms with Gasteiger partial charge in [-0.1, -0.05) is 426 Å². The molecule has 0 fully saturated rings. The standard InChI is InChI=1S/C118H188O15/c1-9-15-19-23-27-31-35-39-43-47-51-55-59-63-67-71-75-126-115-102-80-98(93-130-110(120)13-5)82-104(115)90-108-86-101(96-133-114(124)92-112(122)125-8)87-109(118(108)129-78-74-70-66-62-58-54-50-46-42-38-34-30-26-22-18-12-4)91-105-83-99(94-131-111(121)14-6)81-103(116(105)127-76-72-68-64-60-56-52-48-44-40-36-32-28-24-20-16-10-2)89-107-85-100(95-132-113(123)79-97(7)119)84-106(88-102)117(107)128-77-73-69-65-61-57-53-49-45-41-37-33-29-25-21-17-11-3/h13-14,80-87H,5-6,9-12,15-79,88-96H2,1-4,7-8H3. The number of carbonyl (C=O) groups is 6. The van der Waals surface area contributed by atoms with Crippen molar-refractivity contribution in [3.8, 4) is 23.0 Å². The number of benzene rings is 4. The normalized spacial score (nSPS) is 11.8. The van der Waals surface area contributed by atoms with Gasteiger partial charge in [0.05, 0.1) is 33.5 Å². The fraction of sp³-hybridized carbons (Fsp3) is 0.712. The first-order chi connectivity index (χ1) is 65.2. The molecule has 0 saturated heterocycles. The van der Waals surface area contributed by atoms with Crippen molar-refractivity contribution in [2.75, 3.05) is 33.5 Å². The summed E-state index contributed by atoms with van der Waals surface area (Å²) in [7, 11) is 1.25. The molecule has 0 heterocycles. The molecule has 15 heteroatoms. The van der Waals surface area contributed by atoms with Gasteiger partial charge in [-0.15, -0.1) is 0 Å². The third-order valence-corrected chi connectivity index (χ3v) is 26.5. The molecule has 0 atom stereocenters. The molecule has 0 unspecified atom stereocenters. The van der Waals surface area contributed by atoms with Crippen molar-refractivity contribution in [2.24, 2.45) is 0 Å². The fourth-order valence-corrected chi connectivity index (χ4v) is 18.8. The van der Waals surface area contributed by atoms with Crippen LogP contribution in [0.5, 0.6) is 23.0 Å². The molecule has 0 amide bonds. The molecule has 15 nitrogen and oxygen atoms in total. The van der Waals surface area contributed by atoms with Crippen LogP contribution in [-0.2, 0) is 105 Å². The van der Waals surface area contributed by atoms with E-state index in [0.29, 0.717) is 60.6 Å². The molecule has 4 aromatic carbocycles. The number of esters is 5. The molecule has 5 rings (SSSR count). The molecule has 0 spiro atoms. The smallest absolute Gasteiger partial charge is 0.330 e. The Kier molecular flexibility index (Phi) is 68.6. The molecular weight excluding hydrogens is 1660 g/mol. The van der Waals surface area contributed by atoms with Crippen molar-refractivity contribution < 1.29 is 71.4 Å². The maximum Gasteiger partial charge on any atom is 0.330 e. The van der Waals surface area contributed by atoms with Crippen molar-refractivity contribution in [1.82, 2.24) is 0 Å². The van der Waals surface area contributed by atoms with Gasteiger partial charge in [-0.3, -0.25) is 19.2 Å². The zero-order valence-electron chi connectivity index (χ0n) is 85.5. The maximum atomic E-state index is 13.7. The maximum absolute atomic E-state index is 13.7. The summed E-state index contributed by atoms with van der Waals surface area (Å²) < 4.78 is 58.6. The number of ketones is 1. The van der Waals surface area contributed by atoms with E-state index in [2.05, 4.69) is 77.3 Å². The highest BCUT2D eigenvalue weighted by molar-refractivity contribution is 5.94. The zero-order chi connectivity index (χ0) is 95.3. The van der Waals surface area contributed by atoms with Gasteiger partial charge in [0.2, 0.25) is 0 Å². The number of carbonyl (C=O) groups excluding carboxylic acids is 6. The van der Waals surface area contributed by atoms with Crippen LogP contribution < -0.4 is 18.9 Å². The van der Waals surface area contributed by atoms with Gasteiger partial charge >= 0.3 is 29.8 Å². The highest BCUT2D eigenvalue weighted by Gasteiger charge is 2.27. The van der Waals surface area contributed by atoms with Gasteiger partial charge in [-0.2, -0.15) is 0 Å². The number of fused-ring (bicyclic) bond motifs is 8. The first-order valence-corrected chi connectivity index (χ1v) is 54.8. The van der Waals surface area contributed by atoms with Gasteiger partial charge in [-0.25, -0.2) is 9.59 Å². The van der Waals surface area contributed by atoms with E-state index in [9.17, 15) is 28.8 Å². The van der Waals surface area contributed by atoms with E-state index in [1.807, 2.05) is 12.1 Å². The summed E-state index contributed by atoms with van der Waals surface area (Å²) in [5.74, 6) is -0.796. The Balaban J connectivity index is 1.70. The number of ether oxygens (including phenoxy) is 9. The summed E-state index contributed by atoms with van der Waals surface area (Å²) in [5.41, 5.74) is 9.25. The van der Waals surface area contributed by atoms with E-state index in [4.69, 9.17) is 42.6 Å². The Morgan fingerprint density at radius 3 is 0.571 bits per heavy atom. The molecule has 0 saturated carbocycles. The van der Waals surface area contributed by atoms with Crippen molar-refractivity contribution in [3.63, 3.8) is 0 Å². The average molecular weight is 1850 g/mol. The first-order valence-electron chi connectivity index (χ1n) is 54.8. The van der Waals surface area contributed by atoms with Crippen LogP contribution in [0, 0.1) is 0 Å². The number of methoxy groups -OCH3 is 1. The third kappa shape index (κ3) is 56.2. The zero-order valence-corrected chi connectivity index (χ0v) is 85.5. The van der Waals surface area contributed by atoms with Crippen LogP contribution in [0.3, 0.4) is 0 Å². The lowest BCUT2D eigenvalue weighted by Gasteiger charge is -2.25. The molecule has 0 aliphatic heterocycles. The minimum atomic E-state index is -0.727. The second-order valence-corrected chi connectivity index (χ2v) is 38.9. The van der Waals surface area contributed by atoms with Crippen molar-refractivity contribution in [2.45, 2.75) is 511 Å². The second kappa shape index (κ2) is 78.6. The molecule has 133 heavy (non-hydrogen) atoms. The number of hydrogen-bond donors (Lipinski definition) is 0. The predicted octanol–water partition coefficient (Wildman–Crippen LogP) is 33.0. The Hall–Kier alpha value is -7.42. The van der Waals surface area contributed by atoms with E-state index in [1.54, 1.807) is 0 Å². The summed E-state index contributed by atoms with van der Waals surface area (Å²) in [4.78, 5) is 79.1. The third-order valence-electron chi connectivity index (χ3n) is 26.5. The van der Waals surface area contributed by atoms with Gasteiger partial charge in [0.1, 0.15) is 68.1 Å². The minimum Gasteiger partial charge on any atom is -0.493 e. The molecule has 0 N–H and O–H groups in total. The summed E-state index contributed by atoms with van der Waals surface area (Å²) in [5, 5.41) is 0. The van der Waals surface area contributed by atoms with E-state index in [1.165, 1.54) is 341 Å². The SMILES string of the molecule is C=CC(=O)OCc1cc2c(OCCCCCCCCCCCCCCCCCC)c(c1)Cc1cc(COC(=O)CC(=O)OC)cc(c1OCCCCCCCCCCCCCCCCCC)Cc1cc(COC(=O)C=C)cc(c1OCCCCCCCCCCCCCCCCCC)Cc1cc(COC(=O)CC(C)=O)cc(c1OCCCCCCCCCCCCCCCCCC)C2. The molecule has 750 valence electrons. The van der Waals surface area contributed by atoms with Crippen LogP contribution in [0.1, 0.15) is 525 Å². The summed E-state index contributed by atoms with van der Waals surface area (Å²) in [6, 6.07) is 16.5. The minimum absolute atomic E-state index is 0.0738. The van der Waals surface area contributed by atoms with Gasteiger partial charge in [0.15, 0.2) is 0 Å². The molecule has 0 aromatic heterocycles. The van der Waals surface area contributed by atoms with Gasteiger partial charge in [0, 0.05) is 37.8 Å². The van der Waals surface area contributed by atoms with E-state index < -0.39 is 36.3 Å². The molecule has 1 aliphatic carbocycles. The average Bonchev–Trinajstić information content (AvgIpc) is 0.771. The quantitative estimate of drug-likeness (QED) is 0.0118. The lowest BCUT2D eigenvalue weighted by molar-refractivity contribution is -0.154. The van der Waals surface area contributed by atoms with Crippen molar-refractivity contribution in [1.29, 1.82) is 0 Å². The predicted molar refractivity (Wildman–Crippen MR) is 549 cm³/mol. The van der Waals surface area contributed by atoms with Gasteiger partial charge in [0.25, 0.3) is 0 Å². The number of rotatable bonds is 86. The topological polar surface area (TPSA) is 185 Å². The molecule has 4 aromatic rings. The largest absolute Gasteiger partial charge is 0.493 e. The van der Waals surface area contributed by atoms with E-state index >= 15 is 0 Å². The lowest BCUT2D eigenvalue weighted by atomic mass is 9.88. The number of unbranched alkanes of at least 4 members (excludes halogenated alkanes) is 60. The van der Waals surface area contributed by atoms with E-state index in [0.717, 1.165) is 152 Å². The molecule has 1 aliphatic rings. The number of hydrogen-bond acceptors (Lipinski definition) is 15. The summed E-state index contributed by atoms with van der Waals surface area (Å²) in [6.07, 6.45) is 81.9. The summed E-state index contributed by atoms with van der Waals surface area (Å²) >= 11 is 0. The van der Waals surface area contributed by atoms with Crippen LogP contribution in [0.25, 0.3) is 0 Å². The molecule has 0 radical (unpaired) electrons. The van der Waals surface area contributed by atoms with Crippen LogP contribution in [0.4, 0.5) is 0 Å². The second-order valence-electron chi connectivity index (χ2n) is 38.9. The monoisotopic (exact) mass is 1850 g/mol. The number of Topliss-reactive ketones (excluding diaryl/α,β-unsaturated/α-hetero) is 1. The summed E-state index contributed by atoms with van der Waals surface area (Å²) in [6.45, 7) is 19.3. The Labute approximate surface area is 810 Å². The Morgan fingerprint density at radius 2 is 0.406 bits per heavy atom. The van der Waals surface area contributed by atoms with Crippen molar-refractivity contribution in [3.05, 3.63) is 141 Å². The van der Waals surface area contributed by atoms with Gasteiger partial charge in [-0.05, 0) is 148 Å². The highest BCUT2D eigenvalue weighted by Crippen LogP contribution is 2.43. The fourth-order valence-electron chi connectivity index (χ4n) is 18.8. The highest BCUT2D eigenvalue weighted by atomic mass is 16.6. The Morgan fingerprint density at radius 1 is 0.241 bits per heavy atom. The van der Waals surface area contributed by atoms with Crippen LogP contribution in [-0.4, -0.2) is 69.2 Å². The van der Waals surface area contributed by atoms with Crippen LogP contribution in [0.15, 0.2) is 73.8 Å². The lowest BCUT2D eigenvalue weighted by Crippen LogP contribution is -2.14. The first kappa shape index (κ1) is 116.